The Labute approximate surface area is 160 Å². The Hall–Kier alpha value is -1.70. The van der Waals surface area contributed by atoms with Crippen molar-refractivity contribution in [2.45, 2.75) is 26.8 Å². The lowest BCUT2D eigenvalue weighted by molar-refractivity contribution is 0.411. The van der Waals surface area contributed by atoms with E-state index in [1.807, 2.05) is 25.1 Å². The Morgan fingerprint density at radius 1 is 1.25 bits per heavy atom. The van der Waals surface area contributed by atoms with Crippen molar-refractivity contribution in [3.63, 3.8) is 0 Å². The van der Waals surface area contributed by atoms with Crippen LogP contribution in [0.25, 0.3) is 0 Å². The number of benzene rings is 1. The minimum Gasteiger partial charge on any atom is -0.496 e. The molecule has 0 aliphatic rings. The first-order valence-corrected chi connectivity index (χ1v) is 7.91. The number of hydrogen-bond acceptors (Lipinski definition) is 3. The number of nitrogens with zero attached hydrogens (tertiary/aromatic N) is 1. The summed E-state index contributed by atoms with van der Waals surface area (Å²) in [4.78, 5) is 4.62. The summed E-state index contributed by atoms with van der Waals surface area (Å²) in [5.41, 5.74) is 2.25. The van der Waals surface area contributed by atoms with Crippen LogP contribution >= 0.6 is 24.0 Å². The molecule has 0 atom stereocenters. The summed E-state index contributed by atoms with van der Waals surface area (Å²) in [6, 6.07) is 10.0. The van der Waals surface area contributed by atoms with Crippen LogP contribution in [0.15, 0.2) is 46.0 Å². The topological polar surface area (TPSA) is 58.8 Å². The molecule has 1 heterocycles. The van der Waals surface area contributed by atoms with E-state index in [0.717, 1.165) is 48.1 Å². The molecule has 0 unspecified atom stereocenters. The Kier molecular flexibility index (Phi) is 9.29. The van der Waals surface area contributed by atoms with Gasteiger partial charge >= 0.3 is 0 Å². The average molecular weight is 443 g/mol. The lowest BCUT2D eigenvalue weighted by Crippen LogP contribution is -2.38. The number of guanidine groups is 1. The molecule has 0 aliphatic heterocycles. The minimum atomic E-state index is 0. The fourth-order valence-electron chi connectivity index (χ4n) is 2.23. The summed E-state index contributed by atoms with van der Waals surface area (Å²) in [6.07, 6.45) is 2.52. The maximum atomic E-state index is 5.36. The van der Waals surface area contributed by atoms with Crippen LogP contribution in [0.4, 0.5) is 0 Å². The average Bonchev–Trinajstić information content (AvgIpc) is 3.07. The first kappa shape index (κ1) is 20.3. The Morgan fingerprint density at radius 3 is 2.75 bits per heavy atom. The Morgan fingerprint density at radius 2 is 2.08 bits per heavy atom. The molecule has 24 heavy (non-hydrogen) atoms. The number of furan rings is 1. The van der Waals surface area contributed by atoms with E-state index in [0.29, 0.717) is 6.54 Å². The third kappa shape index (κ3) is 6.43. The molecule has 5 nitrogen and oxygen atoms in total. The van der Waals surface area contributed by atoms with Gasteiger partial charge in [-0.1, -0.05) is 12.1 Å². The molecular weight excluding hydrogens is 417 g/mol. The predicted molar refractivity (Wildman–Crippen MR) is 108 cm³/mol. The largest absolute Gasteiger partial charge is 0.496 e. The molecule has 2 rings (SSSR count). The highest BCUT2D eigenvalue weighted by molar-refractivity contribution is 14.0. The molecule has 0 amide bonds. The molecule has 2 aromatic rings. The lowest BCUT2D eigenvalue weighted by Gasteiger charge is -2.11. The van der Waals surface area contributed by atoms with E-state index < -0.39 is 0 Å². The fourth-order valence-corrected chi connectivity index (χ4v) is 2.23. The third-order valence-electron chi connectivity index (χ3n) is 3.48. The van der Waals surface area contributed by atoms with Crippen molar-refractivity contribution in [1.82, 2.24) is 10.6 Å². The zero-order valence-corrected chi connectivity index (χ0v) is 16.8. The zero-order chi connectivity index (χ0) is 16.5. The van der Waals surface area contributed by atoms with Crippen LogP contribution in [0.3, 0.4) is 0 Å². The van der Waals surface area contributed by atoms with Gasteiger partial charge in [0.15, 0.2) is 5.96 Å². The van der Waals surface area contributed by atoms with Crippen LogP contribution in [0.1, 0.15) is 23.8 Å². The van der Waals surface area contributed by atoms with Crippen LogP contribution in [-0.4, -0.2) is 26.2 Å². The second-order valence-electron chi connectivity index (χ2n) is 5.26. The molecule has 0 aliphatic carbocycles. The van der Waals surface area contributed by atoms with Gasteiger partial charge in [0.1, 0.15) is 11.5 Å². The number of methoxy groups -OCH3 is 1. The molecule has 6 heteroatoms. The molecule has 0 radical (unpaired) electrons. The van der Waals surface area contributed by atoms with Gasteiger partial charge in [-0.05, 0) is 43.2 Å². The second kappa shape index (κ2) is 11.0. The number of nitrogens with one attached hydrogen (secondary N) is 2. The SMILES string of the molecule is CCNC(=NCc1ccc(C)c(OC)c1)NCCc1ccco1.I. The Balaban J connectivity index is 0.00000288. The minimum absolute atomic E-state index is 0. The standard InChI is InChI=1S/C18H25N3O2.HI/c1-4-19-18(20-10-9-16-6-5-11-23-16)21-13-15-8-7-14(2)17(12-15)22-3;/h5-8,11-12H,4,9-10,13H2,1-3H3,(H2,19,20,21);1H. The van der Waals surface area contributed by atoms with E-state index >= 15 is 0 Å². The van der Waals surface area contributed by atoms with Gasteiger partial charge in [-0.2, -0.15) is 0 Å². The molecule has 132 valence electrons. The molecule has 0 fully saturated rings. The van der Waals surface area contributed by atoms with Crippen LogP contribution < -0.4 is 15.4 Å². The number of aliphatic imine (C=N–C) groups is 1. The highest BCUT2D eigenvalue weighted by Crippen LogP contribution is 2.19. The van der Waals surface area contributed by atoms with Crippen molar-refractivity contribution in [2.24, 2.45) is 4.99 Å². The van der Waals surface area contributed by atoms with E-state index in [-0.39, 0.29) is 24.0 Å². The molecule has 0 saturated carbocycles. The molecule has 1 aromatic carbocycles. The lowest BCUT2D eigenvalue weighted by atomic mass is 10.1. The van der Waals surface area contributed by atoms with Crippen LogP contribution in [-0.2, 0) is 13.0 Å². The first-order chi connectivity index (χ1) is 11.2. The van der Waals surface area contributed by atoms with E-state index in [1.165, 1.54) is 0 Å². The van der Waals surface area contributed by atoms with Gasteiger partial charge in [-0.25, -0.2) is 4.99 Å². The third-order valence-corrected chi connectivity index (χ3v) is 3.48. The monoisotopic (exact) mass is 443 g/mol. The maximum Gasteiger partial charge on any atom is 0.191 e. The van der Waals surface area contributed by atoms with Gasteiger partial charge < -0.3 is 19.8 Å². The van der Waals surface area contributed by atoms with E-state index in [2.05, 4.69) is 34.7 Å². The first-order valence-electron chi connectivity index (χ1n) is 7.91. The van der Waals surface area contributed by atoms with Crippen molar-refractivity contribution >= 4 is 29.9 Å². The summed E-state index contributed by atoms with van der Waals surface area (Å²) in [5.74, 6) is 2.67. The smallest absolute Gasteiger partial charge is 0.191 e. The van der Waals surface area contributed by atoms with Crippen molar-refractivity contribution in [2.75, 3.05) is 20.2 Å². The number of rotatable bonds is 7. The molecule has 1 aromatic heterocycles. The highest BCUT2D eigenvalue weighted by atomic mass is 127. The van der Waals surface area contributed by atoms with Gasteiger partial charge in [0.25, 0.3) is 0 Å². The van der Waals surface area contributed by atoms with Crippen molar-refractivity contribution in [1.29, 1.82) is 0 Å². The number of halogens is 1. The Bertz CT molecular complexity index is 627. The van der Waals surface area contributed by atoms with E-state index in [9.17, 15) is 0 Å². The van der Waals surface area contributed by atoms with E-state index in [1.54, 1.807) is 13.4 Å². The van der Waals surface area contributed by atoms with E-state index in [4.69, 9.17) is 9.15 Å². The summed E-state index contributed by atoms with van der Waals surface area (Å²) < 4.78 is 10.7. The quantitative estimate of drug-likeness (QED) is 0.391. The van der Waals surface area contributed by atoms with Crippen LogP contribution in [0.5, 0.6) is 5.75 Å². The summed E-state index contributed by atoms with van der Waals surface area (Å²) in [7, 11) is 1.69. The molecule has 0 bridgehead atoms. The van der Waals surface area contributed by atoms with Crippen LogP contribution in [0, 0.1) is 6.92 Å². The second-order valence-corrected chi connectivity index (χ2v) is 5.26. The molecular formula is C18H26IN3O2. The maximum absolute atomic E-state index is 5.36. The summed E-state index contributed by atoms with van der Waals surface area (Å²) in [5, 5.41) is 6.57. The predicted octanol–water partition coefficient (Wildman–Crippen LogP) is 3.51. The normalized spacial score (nSPS) is 10.9. The van der Waals surface area contributed by atoms with Gasteiger partial charge in [-0.3, -0.25) is 0 Å². The number of hydrogen-bond donors (Lipinski definition) is 2. The summed E-state index contributed by atoms with van der Waals surface area (Å²) >= 11 is 0. The fraction of sp³-hybridized carbons (Fsp3) is 0.389. The summed E-state index contributed by atoms with van der Waals surface area (Å²) in [6.45, 7) is 6.29. The molecule has 0 spiro atoms. The highest BCUT2D eigenvalue weighted by Gasteiger charge is 2.02. The van der Waals surface area contributed by atoms with Crippen molar-refractivity contribution < 1.29 is 9.15 Å². The van der Waals surface area contributed by atoms with Gasteiger partial charge in [0, 0.05) is 19.5 Å². The molecule has 2 N–H and O–H groups in total. The van der Waals surface area contributed by atoms with Crippen molar-refractivity contribution in [3.8, 4) is 5.75 Å². The van der Waals surface area contributed by atoms with Gasteiger partial charge in [0.05, 0.1) is 19.9 Å². The van der Waals surface area contributed by atoms with Gasteiger partial charge in [-0.15, -0.1) is 24.0 Å². The van der Waals surface area contributed by atoms with Crippen molar-refractivity contribution in [3.05, 3.63) is 53.5 Å². The number of ether oxygens (including phenoxy) is 1. The molecule has 0 saturated heterocycles. The van der Waals surface area contributed by atoms with Crippen LogP contribution in [0.2, 0.25) is 0 Å². The zero-order valence-electron chi connectivity index (χ0n) is 14.5. The van der Waals surface area contributed by atoms with Gasteiger partial charge in [0.2, 0.25) is 0 Å². The number of aryl methyl sites for hydroxylation is 1.